The van der Waals surface area contributed by atoms with Crippen molar-refractivity contribution in [2.75, 3.05) is 19.7 Å². The van der Waals surface area contributed by atoms with Crippen molar-refractivity contribution >= 4 is 5.91 Å². The van der Waals surface area contributed by atoms with E-state index in [-0.39, 0.29) is 6.10 Å². The van der Waals surface area contributed by atoms with Gasteiger partial charge < -0.3 is 16.2 Å². The zero-order valence-electron chi connectivity index (χ0n) is 10.4. The number of morpholine rings is 1. The summed E-state index contributed by atoms with van der Waals surface area (Å²) in [6.07, 6.45) is 1.17. The molecule has 0 saturated carbocycles. The maximum Gasteiger partial charge on any atom is 0.238 e. The number of carbonyl (C=O) groups is 1. The average molecular weight is 229 g/mol. The number of hydrogen-bond acceptors (Lipinski definition) is 4. The molecule has 16 heavy (non-hydrogen) atoms. The molecular formula is C11H23N3O2. The average Bonchev–Trinajstić information content (AvgIpc) is 2.17. The van der Waals surface area contributed by atoms with Crippen molar-refractivity contribution in [2.24, 2.45) is 11.5 Å². The maximum absolute atomic E-state index is 11.2. The fourth-order valence-corrected chi connectivity index (χ4v) is 1.98. The van der Waals surface area contributed by atoms with Crippen molar-refractivity contribution in [3.63, 3.8) is 0 Å². The van der Waals surface area contributed by atoms with Crippen LogP contribution in [0.1, 0.15) is 27.2 Å². The lowest BCUT2D eigenvalue weighted by Gasteiger charge is -2.41. The molecule has 1 heterocycles. The molecule has 4 N–H and O–H groups in total. The molecule has 94 valence electrons. The van der Waals surface area contributed by atoms with Crippen LogP contribution in [0.25, 0.3) is 0 Å². The first kappa shape index (κ1) is 13.4. The van der Waals surface area contributed by atoms with Gasteiger partial charge in [-0.1, -0.05) is 6.92 Å². The summed E-state index contributed by atoms with van der Waals surface area (Å²) in [4.78, 5) is 13.4. The number of amides is 1. The number of nitrogens with zero attached hydrogens (tertiary/aromatic N) is 1. The largest absolute Gasteiger partial charge is 0.376 e. The molecule has 0 aromatic carbocycles. The van der Waals surface area contributed by atoms with E-state index in [0.29, 0.717) is 19.2 Å². The van der Waals surface area contributed by atoms with E-state index in [4.69, 9.17) is 16.2 Å². The lowest BCUT2D eigenvalue weighted by atomic mass is 10.00. The number of hydrogen-bond donors (Lipinski definition) is 2. The van der Waals surface area contributed by atoms with E-state index in [9.17, 15) is 4.79 Å². The lowest BCUT2D eigenvalue weighted by Crippen LogP contribution is -2.61. The number of carbonyl (C=O) groups excluding carboxylic acids is 1. The third kappa shape index (κ3) is 3.17. The maximum atomic E-state index is 11.2. The molecule has 1 aliphatic heterocycles. The third-order valence-corrected chi connectivity index (χ3v) is 3.15. The van der Waals surface area contributed by atoms with Crippen LogP contribution in [0.5, 0.6) is 0 Å². The normalized spacial score (nSPS) is 31.0. The van der Waals surface area contributed by atoms with Gasteiger partial charge in [0.25, 0.3) is 0 Å². The molecule has 0 aromatic rings. The van der Waals surface area contributed by atoms with Gasteiger partial charge in [-0.25, -0.2) is 0 Å². The fraction of sp³-hybridized carbons (Fsp3) is 0.909. The second-order valence-electron chi connectivity index (χ2n) is 4.92. The van der Waals surface area contributed by atoms with Crippen molar-refractivity contribution in [1.82, 2.24) is 4.90 Å². The highest BCUT2D eigenvalue weighted by molar-refractivity contribution is 5.84. The minimum Gasteiger partial charge on any atom is -0.376 e. The first-order valence-corrected chi connectivity index (χ1v) is 5.81. The monoisotopic (exact) mass is 229 g/mol. The van der Waals surface area contributed by atoms with Crippen LogP contribution in [0.2, 0.25) is 0 Å². The molecular weight excluding hydrogens is 206 g/mol. The summed E-state index contributed by atoms with van der Waals surface area (Å²) in [6, 6.07) is 0.332. The first-order valence-electron chi connectivity index (χ1n) is 5.81. The molecule has 1 saturated heterocycles. The van der Waals surface area contributed by atoms with Gasteiger partial charge in [-0.3, -0.25) is 9.69 Å². The van der Waals surface area contributed by atoms with E-state index in [2.05, 4.69) is 11.8 Å². The van der Waals surface area contributed by atoms with Crippen LogP contribution in [-0.4, -0.2) is 48.2 Å². The third-order valence-electron chi connectivity index (χ3n) is 3.15. The fourth-order valence-electron chi connectivity index (χ4n) is 1.98. The Bertz CT molecular complexity index is 256. The molecule has 0 spiro atoms. The van der Waals surface area contributed by atoms with Gasteiger partial charge in [0.1, 0.15) is 5.54 Å². The van der Waals surface area contributed by atoms with Crippen LogP contribution in [0, 0.1) is 0 Å². The lowest BCUT2D eigenvalue weighted by molar-refractivity contribution is -0.125. The Morgan fingerprint density at radius 3 is 2.75 bits per heavy atom. The van der Waals surface area contributed by atoms with Crippen LogP contribution < -0.4 is 11.5 Å². The second-order valence-corrected chi connectivity index (χ2v) is 4.92. The molecule has 3 atom stereocenters. The van der Waals surface area contributed by atoms with Gasteiger partial charge in [-0.2, -0.15) is 0 Å². The van der Waals surface area contributed by atoms with Gasteiger partial charge in [-0.15, -0.1) is 0 Å². The molecule has 5 heteroatoms. The van der Waals surface area contributed by atoms with E-state index in [1.54, 1.807) is 6.92 Å². The molecule has 1 amide bonds. The van der Waals surface area contributed by atoms with E-state index in [1.165, 1.54) is 0 Å². The summed E-state index contributed by atoms with van der Waals surface area (Å²) in [5.74, 6) is -0.457. The Hall–Kier alpha value is -0.650. The minimum absolute atomic E-state index is 0.187. The number of nitrogens with two attached hydrogens (primary N) is 2. The van der Waals surface area contributed by atoms with Crippen molar-refractivity contribution in [2.45, 2.75) is 44.9 Å². The summed E-state index contributed by atoms with van der Waals surface area (Å²) in [7, 11) is 0. The van der Waals surface area contributed by atoms with Crippen molar-refractivity contribution in [3.05, 3.63) is 0 Å². The van der Waals surface area contributed by atoms with E-state index in [1.807, 2.05) is 6.92 Å². The van der Waals surface area contributed by atoms with Crippen LogP contribution in [-0.2, 0) is 9.53 Å². The predicted molar refractivity (Wildman–Crippen MR) is 62.9 cm³/mol. The summed E-state index contributed by atoms with van der Waals surface area (Å²) in [6.45, 7) is 7.81. The van der Waals surface area contributed by atoms with Crippen LogP contribution in [0.4, 0.5) is 0 Å². The van der Waals surface area contributed by atoms with Gasteiger partial charge in [0.2, 0.25) is 5.91 Å². The summed E-state index contributed by atoms with van der Waals surface area (Å²) >= 11 is 0. The summed E-state index contributed by atoms with van der Waals surface area (Å²) in [5, 5.41) is 0. The van der Waals surface area contributed by atoms with Crippen LogP contribution in [0.3, 0.4) is 0 Å². The predicted octanol–water partition coefficient (Wildman–Crippen LogP) is -0.312. The van der Waals surface area contributed by atoms with Crippen LogP contribution in [0.15, 0.2) is 0 Å². The summed E-state index contributed by atoms with van der Waals surface area (Å²) < 4.78 is 5.59. The van der Waals surface area contributed by atoms with Gasteiger partial charge in [-0.05, 0) is 20.3 Å². The van der Waals surface area contributed by atoms with Crippen molar-refractivity contribution < 1.29 is 9.53 Å². The van der Waals surface area contributed by atoms with Crippen LogP contribution >= 0.6 is 0 Å². The molecule has 0 bridgehead atoms. The Morgan fingerprint density at radius 2 is 2.25 bits per heavy atom. The quantitative estimate of drug-likeness (QED) is 0.693. The van der Waals surface area contributed by atoms with E-state index in [0.717, 1.165) is 13.0 Å². The minimum atomic E-state index is -0.968. The second kappa shape index (κ2) is 5.12. The molecule has 1 aliphatic rings. The zero-order chi connectivity index (χ0) is 12.3. The van der Waals surface area contributed by atoms with Crippen molar-refractivity contribution in [1.29, 1.82) is 0 Å². The molecule has 0 aromatic heterocycles. The van der Waals surface area contributed by atoms with Gasteiger partial charge in [0.05, 0.1) is 12.7 Å². The van der Waals surface area contributed by atoms with Gasteiger partial charge in [0.15, 0.2) is 0 Å². The standard InChI is InChI=1S/C11H23N3O2/c1-4-9-6-16-8(2)5-14(9)7-11(3,13)10(12)15/h8-9H,4-7,13H2,1-3H3,(H2,12,15). The Morgan fingerprint density at radius 1 is 1.62 bits per heavy atom. The number of ether oxygens (including phenoxy) is 1. The first-order chi connectivity index (χ1) is 7.36. The smallest absolute Gasteiger partial charge is 0.238 e. The van der Waals surface area contributed by atoms with Gasteiger partial charge >= 0.3 is 0 Å². The Balaban J connectivity index is 2.65. The molecule has 1 rings (SSSR count). The Labute approximate surface area is 97.1 Å². The van der Waals surface area contributed by atoms with E-state index < -0.39 is 11.4 Å². The number of rotatable bonds is 4. The molecule has 5 nitrogen and oxygen atoms in total. The van der Waals surface area contributed by atoms with Gasteiger partial charge in [0, 0.05) is 19.1 Å². The van der Waals surface area contributed by atoms with E-state index >= 15 is 0 Å². The highest BCUT2D eigenvalue weighted by Gasteiger charge is 2.34. The number of primary amides is 1. The molecule has 1 fully saturated rings. The summed E-state index contributed by atoms with van der Waals surface area (Å²) in [5.41, 5.74) is 10.2. The highest BCUT2D eigenvalue weighted by atomic mass is 16.5. The topological polar surface area (TPSA) is 81.6 Å². The van der Waals surface area contributed by atoms with Crippen molar-refractivity contribution in [3.8, 4) is 0 Å². The molecule has 3 unspecified atom stereocenters. The zero-order valence-corrected chi connectivity index (χ0v) is 10.4. The molecule has 0 aliphatic carbocycles. The highest BCUT2D eigenvalue weighted by Crippen LogP contribution is 2.16. The molecule has 0 radical (unpaired) electrons. The Kier molecular flexibility index (Phi) is 4.29. The SMILES string of the molecule is CCC1COC(C)CN1CC(C)(N)C(N)=O.